The number of para-hydroxylation sites is 1. The summed E-state index contributed by atoms with van der Waals surface area (Å²) < 4.78 is 0. The van der Waals surface area contributed by atoms with Crippen molar-refractivity contribution in [3.63, 3.8) is 0 Å². The highest BCUT2D eigenvalue weighted by Gasteiger charge is 2.33. The molecule has 1 atom stereocenters. The summed E-state index contributed by atoms with van der Waals surface area (Å²) in [4.78, 5) is 0. The van der Waals surface area contributed by atoms with Gasteiger partial charge in [0.1, 0.15) is 23.0 Å². The number of rotatable bonds is 8. The van der Waals surface area contributed by atoms with E-state index in [1.54, 1.807) is 30.3 Å². The molecule has 0 aliphatic rings. The van der Waals surface area contributed by atoms with Gasteiger partial charge in [-0.3, -0.25) is 0 Å². The first kappa shape index (κ1) is 28.1. The molecule has 0 aliphatic carbocycles. The quantitative estimate of drug-likeness (QED) is 0.0879. The third kappa shape index (κ3) is 5.06. The second-order valence-corrected chi connectivity index (χ2v) is 10.3. The van der Waals surface area contributed by atoms with Crippen LogP contribution in [0.4, 0.5) is 0 Å². The van der Waals surface area contributed by atoms with Crippen LogP contribution in [0.25, 0.3) is 27.8 Å². The van der Waals surface area contributed by atoms with Gasteiger partial charge >= 0.3 is 0 Å². The molecule has 42 heavy (non-hydrogen) atoms. The SMILES string of the molecule is C=C/C(O)=C(\C=C)c1cc(C(C)(c2ccc(-c3ccccc3)cc2)c2ccc(O)c(-c3ccccc3O)c2)ccc1O. The van der Waals surface area contributed by atoms with E-state index in [1.165, 1.54) is 12.2 Å². The van der Waals surface area contributed by atoms with Gasteiger partial charge in [-0.15, -0.1) is 0 Å². The van der Waals surface area contributed by atoms with E-state index < -0.39 is 5.41 Å². The Balaban J connectivity index is 1.76. The van der Waals surface area contributed by atoms with E-state index >= 15 is 0 Å². The van der Waals surface area contributed by atoms with Crippen molar-refractivity contribution >= 4 is 5.57 Å². The van der Waals surface area contributed by atoms with Crippen molar-refractivity contribution < 1.29 is 20.4 Å². The minimum absolute atomic E-state index is 0.00979. The predicted octanol–water partition coefficient (Wildman–Crippen LogP) is 9.13. The molecule has 208 valence electrons. The van der Waals surface area contributed by atoms with Gasteiger partial charge in [0, 0.05) is 27.7 Å². The van der Waals surface area contributed by atoms with Gasteiger partial charge in [-0.05, 0) is 71.1 Å². The molecule has 0 aromatic heterocycles. The summed E-state index contributed by atoms with van der Waals surface area (Å²) in [7, 11) is 0. The van der Waals surface area contributed by atoms with Crippen LogP contribution in [0.15, 0.2) is 146 Å². The molecule has 0 saturated carbocycles. The maximum atomic E-state index is 10.9. The van der Waals surface area contributed by atoms with Crippen LogP contribution in [-0.2, 0) is 5.41 Å². The zero-order valence-electron chi connectivity index (χ0n) is 23.3. The van der Waals surface area contributed by atoms with Gasteiger partial charge in [0.2, 0.25) is 0 Å². The van der Waals surface area contributed by atoms with Crippen LogP contribution in [-0.4, -0.2) is 20.4 Å². The van der Waals surface area contributed by atoms with Gasteiger partial charge in [-0.2, -0.15) is 0 Å². The maximum absolute atomic E-state index is 10.9. The fraction of sp³-hybridized carbons (Fsp3) is 0.0526. The number of aliphatic hydroxyl groups excluding tert-OH is 1. The Labute approximate surface area is 246 Å². The average molecular weight is 553 g/mol. The summed E-state index contributed by atoms with van der Waals surface area (Å²) in [5.41, 5.74) is 5.79. The summed E-state index contributed by atoms with van der Waals surface area (Å²) in [6.45, 7) is 9.56. The summed E-state index contributed by atoms with van der Waals surface area (Å²) in [6, 6.07) is 36.0. The Morgan fingerprint density at radius 1 is 0.571 bits per heavy atom. The van der Waals surface area contributed by atoms with Gasteiger partial charge < -0.3 is 20.4 Å². The summed E-state index contributed by atoms with van der Waals surface area (Å²) in [6.07, 6.45) is 2.79. The van der Waals surface area contributed by atoms with Crippen LogP contribution in [0.5, 0.6) is 17.2 Å². The van der Waals surface area contributed by atoms with Gasteiger partial charge in [-0.1, -0.05) is 104 Å². The van der Waals surface area contributed by atoms with Crippen molar-refractivity contribution in [3.05, 3.63) is 169 Å². The molecule has 0 amide bonds. The van der Waals surface area contributed by atoms with Crippen LogP contribution < -0.4 is 0 Å². The molecule has 0 aliphatic heterocycles. The molecule has 0 saturated heterocycles. The number of phenols is 3. The highest BCUT2D eigenvalue weighted by molar-refractivity contribution is 5.81. The number of phenolic OH excluding ortho intramolecular Hbond substituents is 3. The van der Waals surface area contributed by atoms with Gasteiger partial charge in [0.15, 0.2) is 0 Å². The summed E-state index contributed by atoms with van der Waals surface area (Å²) in [5, 5.41) is 42.8. The fourth-order valence-corrected chi connectivity index (χ4v) is 5.42. The smallest absolute Gasteiger partial charge is 0.123 e. The highest BCUT2D eigenvalue weighted by atomic mass is 16.3. The van der Waals surface area contributed by atoms with Crippen molar-refractivity contribution in [2.24, 2.45) is 0 Å². The number of aromatic hydroxyl groups is 3. The Kier molecular flexibility index (Phi) is 7.72. The van der Waals surface area contributed by atoms with Crippen LogP contribution in [0.1, 0.15) is 29.2 Å². The third-order valence-electron chi connectivity index (χ3n) is 7.88. The second kappa shape index (κ2) is 11.6. The number of hydrogen-bond donors (Lipinski definition) is 4. The van der Waals surface area contributed by atoms with Crippen LogP contribution >= 0.6 is 0 Å². The molecule has 4 N–H and O–H groups in total. The number of benzene rings is 5. The third-order valence-corrected chi connectivity index (χ3v) is 7.88. The first-order valence-corrected chi connectivity index (χ1v) is 13.6. The zero-order valence-corrected chi connectivity index (χ0v) is 23.3. The standard InChI is InChI=1S/C38H32O4/c1-4-30(34(39)5-2)32-23-28(19-21-36(32)41)38(3,27-17-15-26(16-18-27)25-11-7-6-8-12-25)29-20-22-37(42)33(24-29)31-13-9-10-14-35(31)40/h4-24,39-42H,1-2H2,3H3/b34-30-. The van der Waals surface area contributed by atoms with Crippen molar-refractivity contribution in [1.29, 1.82) is 0 Å². The van der Waals surface area contributed by atoms with Crippen LogP contribution in [0.3, 0.4) is 0 Å². The highest BCUT2D eigenvalue weighted by Crippen LogP contribution is 2.45. The number of allylic oxidation sites excluding steroid dienone is 3. The second-order valence-electron chi connectivity index (χ2n) is 10.3. The lowest BCUT2D eigenvalue weighted by Gasteiger charge is -2.33. The monoisotopic (exact) mass is 552 g/mol. The Morgan fingerprint density at radius 3 is 1.76 bits per heavy atom. The topological polar surface area (TPSA) is 80.9 Å². The Morgan fingerprint density at radius 2 is 1.12 bits per heavy atom. The van der Waals surface area contributed by atoms with E-state index in [4.69, 9.17) is 0 Å². The molecule has 0 heterocycles. The van der Waals surface area contributed by atoms with Crippen LogP contribution in [0, 0.1) is 0 Å². The summed E-state index contributed by atoms with van der Waals surface area (Å²) >= 11 is 0. The van der Waals surface area contributed by atoms with E-state index in [0.29, 0.717) is 22.3 Å². The van der Waals surface area contributed by atoms with Gasteiger partial charge in [-0.25, -0.2) is 0 Å². The van der Waals surface area contributed by atoms with Gasteiger partial charge in [0.25, 0.3) is 0 Å². The first-order valence-electron chi connectivity index (χ1n) is 13.6. The van der Waals surface area contributed by atoms with Crippen molar-refractivity contribution in [1.82, 2.24) is 0 Å². The number of aliphatic hydroxyl groups is 1. The molecule has 0 radical (unpaired) electrons. The van der Waals surface area contributed by atoms with E-state index in [-0.39, 0.29) is 23.0 Å². The molecule has 0 spiro atoms. The lowest BCUT2D eigenvalue weighted by Crippen LogP contribution is -2.25. The summed E-state index contributed by atoms with van der Waals surface area (Å²) in [5.74, 6) is -0.00470. The van der Waals surface area contributed by atoms with Gasteiger partial charge in [0.05, 0.1) is 0 Å². The van der Waals surface area contributed by atoms with E-state index in [9.17, 15) is 20.4 Å². The Bertz CT molecular complexity index is 1800. The molecule has 0 bridgehead atoms. The molecule has 5 rings (SSSR count). The molecule has 4 nitrogen and oxygen atoms in total. The minimum atomic E-state index is -0.791. The van der Waals surface area contributed by atoms with Crippen LogP contribution in [0.2, 0.25) is 0 Å². The largest absolute Gasteiger partial charge is 0.507 e. The van der Waals surface area contributed by atoms with E-state index in [2.05, 4.69) is 56.5 Å². The number of hydrogen-bond acceptors (Lipinski definition) is 4. The zero-order chi connectivity index (χ0) is 29.9. The molecule has 5 aromatic rings. The molecule has 0 fully saturated rings. The Hall–Kier alpha value is -5.48. The van der Waals surface area contributed by atoms with Crippen molar-refractivity contribution in [2.45, 2.75) is 12.3 Å². The molecule has 5 aromatic carbocycles. The molecular formula is C38H32O4. The predicted molar refractivity (Wildman–Crippen MR) is 171 cm³/mol. The normalized spacial score (nSPS) is 13.1. The molecule has 4 heteroatoms. The average Bonchev–Trinajstić information content (AvgIpc) is 3.03. The van der Waals surface area contributed by atoms with Crippen molar-refractivity contribution in [2.75, 3.05) is 0 Å². The lowest BCUT2D eigenvalue weighted by atomic mass is 9.70. The minimum Gasteiger partial charge on any atom is -0.507 e. The molecular weight excluding hydrogens is 520 g/mol. The van der Waals surface area contributed by atoms with E-state index in [0.717, 1.165) is 27.8 Å². The molecule has 1 unspecified atom stereocenters. The van der Waals surface area contributed by atoms with E-state index in [1.807, 2.05) is 48.5 Å². The first-order chi connectivity index (χ1) is 20.3. The maximum Gasteiger partial charge on any atom is 0.123 e. The van der Waals surface area contributed by atoms with Crippen molar-refractivity contribution in [3.8, 4) is 39.5 Å². The fourth-order valence-electron chi connectivity index (χ4n) is 5.42. The lowest BCUT2D eigenvalue weighted by molar-refractivity contribution is 0.434.